The quantitative estimate of drug-likeness (QED) is 0.549. The molecule has 0 aliphatic heterocycles. The van der Waals surface area contributed by atoms with Crippen molar-refractivity contribution < 1.29 is 0 Å². The molecule has 1 heteroatoms. The van der Waals surface area contributed by atoms with Gasteiger partial charge in [-0.05, 0) is 59.2 Å². The third kappa shape index (κ3) is 4.01. The van der Waals surface area contributed by atoms with E-state index in [9.17, 15) is 5.26 Å². The molecule has 134 valence electrons. The molecule has 0 spiro atoms. The van der Waals surface area contributed by atoms with Gasteiger partial charge in [0, 0.05) is 0 Å². The van der Waals surface area contributed by atoms with E-state index in [1.54, 1.807) is 0 Å². The Kier molecular flexibility index (Phi) is 6.23. The first-order valence-electron chi connectivity index (χ1n) is 9.71. The molecular formula is C26H25N. The predicted octanol–water partition coefficient (Wildman–Crippen LogP) is 6.88. The molecule has 0 fully saturated rings. The molecule has 0 aromatic heterocycles. The highest BCUT2D eigenvalue weighted by Crippen LogP contribution is 2.38. The van der Waals surface area contributed by atoms with Gasteiger partial charge in [-0.2, -0.15) is 5.26 Å². The van der Waals surface area contributed by atoms with Crippen LogP contribution in [-0.4, -0.2) is 0 Å². The van der Waals surface area contributed by atoms with Crippen LogP contribution in [0.3, 0.4) is 0 Å². The summed E-state index contributed by atoms with van der Waals surface area (Å²) in [5.74, 6) is 0. The maximum absolute atomic E-state index is 9.46. The molecule has 0 atom stereocenters. The Morgan fingerprint density at radius 3 is 2.56 bits per heavy atom. The van der Waals surface area contributed by atoms with Crippen molar-refractivity contribution in [2.24, 2.45) is 0 Å². The number of hydrogen-bond donors (Lipinski definition) is 0. The lowest BCUT2D eigenvalue weighted by Crippen LogP contribution is -1.93. The SMILES string of the molecule is CC.N#Cc1ccccc1/C=C1/C2=C(CC=CC=C2)CCc2ccccc21. The zero-order valence-corrected chi connectivity index (χ0v) is 16.1. The molecular weight excluding hydrogens is 326 g/mol. The molecule has 0 radical (unpaired) electrons. The van der Waals surface area contributed by atoms with Gasteiger partial charge in [-0.1, -0.05) is 86.2 Å². The standard InChI is InChI=1S/C24H19N.C2H6/c25-17-21-11-5-4-10-20(21)16-24-22-12-3-1-2-8-18(22)14-15-19-9-6-7-13-23(19)24;1-2/h1-7,9-13,16H,8,14-15H2;1-2H3/b24-16-;. The number of aryl methyl sites for hydroxylation is 1. The van der Waals surface area contributed by atoms with Crippen molar-refractivity contribution >= 4 is 11.6 Å². The van der Waals surface area contributed by atoms with Crippen LogP contribution in [0.4, 0.5) is 0 Å². The van der Waals surface area contributed by atoms with Gasteiger partial charge >= 0.3 is 0 Å². The third-order valence-corrected chi connectivity index (χ3v) is 4.93. The van der Waals surface area contributed by atoms with Crippen LogP contribution in [0.2, 0.25) is 0 Å². The van der Waals surface area contributed by atoms with Crippen molar-refractivity contribution in [1.82, 2.24) is 0 Å². The second-order valence-corrected chi connectivity index (χ2v) is 6.42. The summed E-state index contributed by atoms with van der Waals surface area (Å²) in [7, 11) is 0. The maximum Gasteiger partial charge on any atom is 0.0997 e. The minimum atomic E-state index is 0.717. The first-order chi connectivity index (χ1) is 13.4. The minimum absolute atomic E-state index is 0.717. The lowest BCUT2D eigenvalue weighted by molar-refractivity contribution is 0.913. The monoisotopic (exact) mass is 351 g/mol. The van der Waals surface area contributed by atoms with Gasteiger partial charge in [-0.3, -0.25) is 0 Å². The lowest BCUT2D eigenvalue weighted by Gasteiger charge is -2.13. The van der Waals surface area contributed by atoms with Crippen molar-refractivity contribution in [2.45, 2.75) is 33.1 Å². The van der Waals surface area contributed by atoms with Gasteiger partial charge in [0.15, 0.2) is 0 Å². The third-order valence-electron chi connectivity index (χ3n) is 4.93. The number of allylic oxidation sites excluding steroid dienone is 7. The van der Waals surface area contributed by atoms with Crippen LogP contribution in [0.15, 0.2) is 84.0 Å². The maximum atomic E-state index is 9.46. The zero-order valence-electron chi connectivity index (χ0n) is 16.1. The number of fused-ring (bicyclic) bond motifs is 1. The number of rotatable bonds is 1. The minimum Gasteiger partial charge on any atom is -0.192 e. The van der Waals surface area contributed by atoms with Gasteiger partial charge in [0.25, 0.3) is 0 Å². The van der Waals surface area contributed by atoms with Crippen molar-refractivity contribution in [3.05, 3.63) is 106 Å². The molecule has 0 bridgehead atoms. The Morgan fingerprint density at radius 1 is 0.926 bits per heavy atom. The summed E-state index contributed by atoms with van der Waals surface area (Å²) in [6, 6.07) is 18.8. The van der Waals surface area contributed by atoms with Crippen molar-refractivity contribution in [1.29, 1.82) is 5.26 Å². The van der Waals surface area contributed by atoms with Crippen LogP contribution in [-0.2, 0) is 6.42 Å². The highest BCUT2D eigenvalue weighted by molar-refractivity contribution is 5.95. The molecule has 0 unspecified atom stereocenters. The molecule has 0 amide bonds. The average Bonchev–Trinajstić information content (AvgIpc) is 3.04. The smallest absolute Gasteiger partial charge is 0.0997 e. The van der Waals surface area contributed by atoms with E-state index >= 15 is 0 Å². The van der Waals surface area contributed by atoms with Crippen molar-refractivity contribution in [3.8, 4) is 6.07 Å². The van der Waals surface area contributed by atoms with Crippen LogP contribution >= 0.6 is 0 Å². The van der Waals surface area contributed by atoms with E-state index in [0.29, 0.717) is 0 Å². The van der Waals surface area contributed by atoms with E-state index in [4.69, 9.17) is 0 Å². The Balaban J connectivity index is 0.00000102. The molecule has 0 saturated carbocycles. The number of nitriles is 1. The van der Waals surface area contributed by atoms with Crippen LogP contribution in [0.1, 0.15) is 48.9 Å². The van der Waals surface area contributed by atoms with Gasteiger partial charge in [-0.25, -0.2) is 0 Å². The van der Waals surface area contributed by atoms with E-state index in [-0.39, 0.29) is 0 Å². The van der Waals surface area contributed by atoms with Crippen LogP contribution in [0.25, 0.3) is 11.6 Å². The molecule has 27 heavy (non-hydrogen) atoms. The van der Waals surface area contributed by atoms with Gasteiger partial charge in [-0.15, -0.1) is 0 Å². The van der Waals surface area contributed by atoms with Gasteiger partial charge in [0.05, 0.1) is 11.6 Å². The topological polar surface area (TPSA) is 23.8 Å². The Hall–Kier alpha value is -3.11. The zero-order chi connectivity index (χ0) is 19.1. The van der Waals surface area contributed by atoms with Crippen LogP contribution in [0, 0.1) is 11.3 Å². The molecule has 0 saturated heterocycles. The van der Waals surface area contributed by atoms with Crippen molar-refractivity contribution in [3.63, 3.8) is 0 Å². The van der Waals surface area contributed by atoms with Gasteiger partial charge in [0.1, 0.15) is 0 Å². The summed E-state index contributed by atoms with van der Waals surface area (Å²) >= 11 is 0. The fraction of sp³-hybridized carbons (Fsp3) is 0.192. The second kappa shape index (κ2) is 9.01. The fourth-order valence-corrected chi connectivity index (χ4v) is 3.65. The number of benzene rings is 2. The van der Waals surface area contributed by atoms with Crippen LogP contribution in [0.5, 0.6) is 0 Å². The van der Waals surface area contributed by atoms with E-state index in [2.05, 4.69) is 60.7 Å². The van der Waals surface area contributed by atoms with Gasteiger partial charge < -0.3 is 0 Å². The molecule has 0 N–H and O–H groups in total. The van der Waals surface area contributed by atoms with Crippen LogP contribution < -0.4 is 0 Å². The highest BCUT2D eigenvalue weighted by atomic mass is 14.3. The summed E-state index contributed by atoms with van der Waals surface area (Å²) < 4.78 is 0. The molecule has 4 rings (SSSR count). The van der Waals surface area contributed by atoms with E-state index in [1.165, 1.54) is 27.8 Å². The Labute approximate surface area is 162 Å². The van der Waals surface area contributed by atoms with Gasteiger partial charge in [0.2, 0.25) is 0 Å². The summed E-state index contributed by atoms with van der Waals surface area (Å²) in [5, 5.41) is 9.46. The molecule has 2 aliphatic rings. The molecule has 2 aromatic carbocycles. The second-order valence-electron chi connectivity index (χ2n) is 6.42. The highest BCUT2D eigenvalue weighted by Gasteiger charge is 2.19. The Morgan fingerprint density at radius 2 is 1.70 bits per heavy atom. The van der Waals surface area contributed by atoms with E-state index < -0.39 is 0 Å². The molecule has 1 nitrogen and oxygen atoms in total. The number of nitrogens with zero attached hydrogens (tertiary/aromatic N) is 1. The Bertz CT molecular complexity index is 977. The predicted molar refractivity (Wildman–Crippen MR) is 115 cm³/mol. The van der Waals surface area contributed by atoms with E-state index in [1.807, 2.05) is 38.1 Å². The summed E-state index contributed by atoms with van der Waals surface area (Å²) in [5.41, 5.74) is 8.37. The fourth-order valence-electron chi connectivity index (χ4n) is 3.65. The first-order valence-corrected chi connectivity index (χ1v) is 9.71. The average molecular weight is 351 g/mol. The summed E-state index contributed by atoms with van der Waals surface area (Å²) in [6.45, 7) is 4.00. The van der Waals surface area contributed by atoms with E-state index in [0.717, 1.165) is 30.4 Å². The van der Waals surface area contributed by atoms with Crippen molar-refractivity contribution in [2.75, 3.05) is 0 Å². The molecule has 0 heterocycles. The summed E-state index contributed by atoms with van der Waals surface area (Å²) in [4.78, 5) is 0. The lowest BCUT2D eigenvalue weighted by atomic mass is 9.90. The molecule has 2 aliphatic carbocycles. The summed E-state index contributed by atoms with van der Waals surface area (Å²) in [6.07, 6.45) is 14.0. The number of hydrogen-bond acceptors (Lipinski definition) is 1. The largest absolute Gasteiger partial charge is 0.192 e. The first kappa shape index (κ1) is 18.7. The molecule has 2 aromatic rings. The normalized spacial score (nSPS) is 16.4.